The highest BCUT2D eigenvalue weighted by atomic mass is 79.9. The van der Waals surface area contributed by atoms with Gasteiger partial charge in [-0.1, -0.05) is 29.8 Å². The van der Waals surface area contributed by atoms with Crippen molar-refractivity contribution in [1.82, 2.24) is 0 Å². The van der Waals surface area contributed by atoms with E-state index in [1.54, 1.807) is 0 Å². The fraction of sp³-hybridized carbons (Fsp3) is 0.455. The van der Waals surface area contributed by atoms with Gasteiger partial charge in [0.25, 0.3) is 0 Å². The molecule has 0 aliphatic heterocycles. The molecule has 1 unspecified atom stereocenters. The molecular formula is C11H12BrF3. The molecule has 0 spiro atoms. The molecule has 1 atom stereocenters. The molecule has 15 heavy (non-hydrogen) atoms. The highest BCUT2D eigenvalue weighted by molar-refractivity contribution is 9.09. The molecule has 1 aromatic rings. The van der Waals surface area contributed by atoms with Crippen LogP contribution in [-0.4, -0.2) is 0 Å². The van der Waals surface area contributed by atoms with E-state index in [9.17, 15) is 13.2 Å². The van der Waals surface area contributed by atoms with Crippen LogP contribution in [0.4, 0.5) is 13.2 Å². The number of alkyl halides is 1. The van der Waals surface area contributed by atoms with Crippen LogP contribution in [0.25, 0.3) is 0 Å². The van der Waals surface area contributed by atoms with Crippen LogP contribution in [0.1, 0.15) is 30.7 Å². The highest BCUT2D eigenvalue weighted by Crippen LogP contribution is 2.32. The lowest BCUT2D eigenvalue weighted by atomic mass is 10.0. The van der Waals surface area contributed by atoms with Crippen molar-refractivity contribution in [2.24, 2.45) is 5.92 Å². The first-order valence-corrected chi connectivity index (χ1v) is 5.62. The zero-order valence-corrected chi connectivity index (χ0v) is 10.1. The van der Waals surface area contributed by atoms with Gasteiger partial charge in [-0.05, 0) is 18.4 Å². The Labute approximate surface area is 95.6 Å². The molecule has 0 saturated carbocycles. The van der Waals surface area contributed by atoms with E-state index >= 15 is 0 Å². The van der Waals surface area contributed by atoms with Crippen molar-refractivity contribution in [3.8, 4) is 0 Å². The SMILES string of the molecule is CC(C)CC(Br)c1cc(F)c(F)cc1F. The molecular weight excluding hydrogens is 269 g/mol. The summed E-state index contributed by atoms with van der Waals surface area (Å²) >= 11 is 3.27. The Morgan fingerprint density at radius 3 is 2.13 bits per heavy atom. The summed E-state index contributed by atoms with van der Waals surface area (Å²) in [5.74, 6) is -2.53. The summed E-state index contributed by atoms with van der Waals surface area (Å²) in [6, 6.07) is 1.49. The first-order chi connectivity index (χ1) is 6.91. The van der Waals surface area contributed by atoms with Crippen LogP contribution >= 0.6 is 15.9 Å². The highest BCUT2D eigenvalue weighted by Gasteiger charge is 2.17. The first-order valence-electron chi connectivity index (χ1n) is 4.70. The van der Waals surface area contributed by atoms with E-state index in [0.29, 0.717) is 18.4 Å². The van der Waals surface area contributed by atoms with Gasteiger partial charge in [-0.3, -0.25) is 0 Å². The molecule has 1 rings (SSSR count). The van der Waals surface area contributed by atoms with Crippen molar-refractivity contribution >= 4 is 15.9 Å². The third-order valence-electron chi connectivity index (χ3n) is 2.06. The topological polar surface area (TPSA) is 0 Å². The minimum Gasteiger partial charge on any atom is -0.207 e. The average Bonchev–Trinajstić information content (AvgIpc) is 2.09. The molecule has 84 valence electrons. The summed E-state index contributed by atoms with van der Waals surface area (Å²) in [5, 5.41) is 0. The smallest absolute Gasteiger partial charge is 0.161 e. The fourth-order valence-corrected chi connectivity index (χ4v) is 2.42. The Hall–Kier alpha value is -0.510. The fourth-order valence-electron chi connectivity index (χ4n) is 1.32. The summed E-state index contributed by atoms with van der Waals surface area (Å²) in [5.41, 5.74) is 0.169. The molecule has 0 radical (unpaired) electrons. The van der Waals surface area contributed by atoms with Crippen LogP contribution < -0.4 is 0 Å². The van der Waals surface area contributed by atoms with Crippen LogP contribution in [0.15, 0.2) is 12.1 Å². The molecule has 0 fully saturated rings. The summed E-state index contributed by atoms with van der Waals surface area (Å²) < 4.78 is 38.8. The molecule has 0 aromatic heterocycles. The molecule has 0 aliphatic carbocycles. The summed E-state index contributed by atoms with van der Waals surface area (Å²) in [6.45, 7) is 3.96. The summed E-state index contributed by atoms with van der Waals surface area (Å²) in [4.78, 5) is -0.285. The quantitative estimate of drug-likeness (QED) is 0.561. The van der Waals surface area contributed by atoms with Gasteiger partial charge in [0.1, 0.15) is 5.82 Å². The van der Waals surface area contributed by atoms with Gasteiger partial charge in [0.2, 0.25) is 0 Å². The maximum Gasteiger partial charge on any atom is 0.161 e. The van der Waals surface area contributed by atoms with Gasteiger partial charge in [-0.15, -0.1) is 0 Å². The van der Waals surface area contributed by atoms with Gasteiger partial charge < -0.3 is 0 Å². The van der Waals surface area contributed by atoms with Crippen LogP contribution in [0.2, 0.25) is 0 Å². The maximum atomic E-state index is 13.3. The monoisotopic (exact) mass is 280 g/mol. The lowest BCUT2D eigenvalue weighted by Gasteiger charge is -2.13. The molecule has 0 aliphatic rings. The molecule has 0 bridgehead atoms. The van der Waals surface area contributed by atoms with Crippen LogP contribution in [0.5, 0.6) is 0 Å². The van der Waals surface area contributed by atoms with Crippen molar-refractivity contribution in [3.05, 3.63) is 35.1 Å². The summed E-state index contributed by atoms with van der Waals surface area (Å²) in [6.07, 6.45) is 0.669. The van der Waals surface area contributed by atoms with E-state index in [1.807, 2.05) is 13.8 Å². The second-order valence-corrected chi connectivity index (χ2v) is 4.99. The molecule has 1 aromatic carbocycles. The molecule has 0 N–H and O–H groups in total. The van der Waals surface area contributed by atoms with Crippen molar-refractivity contribution in [1.29, 1.82) is 0 Å². The van der Waals surface area contributed by atoms with Gasteiger partial charge in [0.15, 0.2) is 11.6 Å². The molecule has 0 heterocycles. The zero-order chi connectivity index (χ0) is 11.6. The van der Waals surface area contributed by atoms with E-state index in [2.05, 4.69) is 15.9 Å². The molecule has 0 amide bonds. The predicted molar refractivity (Wildman–Crippen MR) is 57.4 cm³/mol. The Morgan fingerprint density at radius 2 is 1.60 bits per heavy atom. The van der Waals surface area contributed by atoms with Gasteiger partial charge >= 0.3 is 0 Å². The van der Waals surface area contributed by atoms with Crippen molar-refractivity contribution in [3.63, 3.8) is 0 Å². The maximum absolute atomic E-state index is 13.3. The summed E-state index contributed by atoms with van der Waals surface area (Å²) in [7, 11) is 0. The van der Waals surface area contributed by atoms with Crippen molar-refractivity contribution in [2.45, 2.75) is 25.1 Å². The second-order valence-electron chi connectivity index (χ2n) is 3.88. The molecule has 4 heteroatoms. The minimum absolute atomic E-state index is 0.169. The zero-order valence-electron chi connectivity index (χ0n) is 8.53. The standard InChI is InChI=1S/C11H12BrF3/c1-6(2)3-8(12)7-4-10(14)11(15)5-9(7)13/h4-6,8H,3H2,1-2H3. The van der Waals surface area contributed by atoms with Crippen LogP contribution in [-0.2, 0) is 0 Å². The van der Waals surface area contributed by atoms with Gasteiger partial charge in [-0.2, -0.15) is 0 Å². The van der Waals surface area contributed by atoms with E-state index in [0.717, 1.165) is 6.07 Å². The molecule has 0 nitrogen and oxygen atoms in total. The number of halogens is 4. The van der Waals surface area contributed by atoms with Gasteiger partial charge in [-0.25, -0.2) is 13.2 Å². The Bertz CT molecular complexity index is 350. The second kappa shape index (κ2) is 5.01. The molecule has 0 saturated heterocycles. The minimum atomic E-state index is -1.15. The number of hydrogen-bond acceptors (Lipinski definition) is 0. The first kappa shape index (κ1) is 12.6. The van der Waals surface area contributed by atoms with Crippen molar-refractivity contribution < 1.29 is 13.2 Å². The van der Waals surface area contributed by atoms with E-state index < -0.39 is 17.5 Å². The van der Waals surface area contributed by atoms with E-state index in [-0.39, 0.29) is 10.4 Å². The Balaban J connectivity index is 2.98. The third kappa shape index (κ3) is 3.23. The third-order valence-corrected chi connectivity index (χ3v) is 2.92. The number of hydrogen-bond donors (Lipinski definition) is 0. The van der Waals surface area contributed by atoms with E-state index in [4.69, 9.17) is 0 Å². The lowest BCUT2D eigenvalue weighted by Crippen LogP contribution is -2.01. The normalized spacial score (nSPS) is 13.3. The number of benzene rings is 1. The largest absolute Gasteiger partial charge is 0.207 e. The Kier molecular flexibility index (Phi) is 4.20. The van der Waals surface area contributed by atoms with Crippen molar-refractivity contribution in [2.75, 3.05) is 0 Å². The van der Waals surface area contributed by atoms with Gasteiger partial charge in [0, 0.05) is 16.5 Å². The predicted octanol–water partition coefficient (Wildman–Crippen LogP) is 4.59. The van der Waals surface area contributed by atoms with Crippen LogP contribution in [0.3, 0.4) is 0 Å². The average molecular weight is 281 g/mol. The van der Waals surface area contributed by atoms with E-state index in [1.165, 1.54) is 0 Å². The Morgan fingerprint density at radius 1 is 1.07 bits per heavy atom. The van der Waals surface area contributed by atoms with Gasteiger partial charge in [0.05, 0.1) is 0 Å². The lowest BCUT2D eigenvalue weighted by molar-refractivity contribution is 0.485. The number of rotatable bonds is 3. The van der Waals surface area contributed by atoms with Crippen LogP contribution in [0, 0.1) is 23.4 Å².